The number of nitrogens with zero attached hydrogens (tertiary/aromatic N) is 1. The lowest BCUT2D eigenvalue weighted by molar-refractivity contribution is -0.122. The standard InChI is InChI=1S/C20H24N2O3/c1-2-24-19-11-7-6-8-15(19)13-22-14-17(12-18(22)20(21)23)25-16-9-4-3-5-10-16/h3-11,17-18H,2,12-14H2,1H3,(H2,21,23). The Hall–Kier alpha value is -2.53. The number of rotatable bonds is 7. The summed E-state index contributed by atoms with van der Waals surface area (Å²) in [4.78, 5) is 14.0. The van der Waals surface area contributed by atoms with E-state index in [1.807, 2.05) is 61.5 Å². The van der Waals surface area contributed by atoms with Crippen molar-refractivity contribution in [1.29, 1.82) is 0 Å². The lowest BCUT2D eigenvalue weighted by Crippen LogP contribution is -2.39. The Labute approximate surface area is 148 Å². The van der Waals surface area contributed by atoms with Crippen molar-refractivity contribution in [3.05, 3.63) is 60.2 Å². The van der Waals surface area contributed by atoms with E-state index in [-0.39, 0.29) is 18.1 Å². The van der Waals surface area contributed by atoms with Gasteiger partial charge in [-0.2, -0.15) is 0 Å². The molecule has 0 saturated carbocycles. The highest BCUT2D eigenvalue weighted by Crippen LogP contribution is 2.27. The van der Waals surface area contributed by atoms with Crippen LogP contribution in [-0.2, 0) is 11.3 Å². The number of primary amides is 1. The molecule has 2 aromatic carbocycles. The van der Waals surface area contributed by atoms with Crippen molar-refractivity contribution in [3.63, 3.8) is 0 Å². The number of hydrogen-bond acceptors (Lipinski definition) is 4. The van der Waals surface area contributed by atoms with Crippen LogP contribution in [0.2, 0.25) is 0 Å². The first-order valence-corrected chi connectivity index (χ1v) is 8.63. The minimum Gasteiger partial charge on any atom is -0.494 e. The van der Waals surface area contributed by atoms with E-state index in [0.717, 1.165) is 17.1 Å². The number of carbonyl (C=O) groups is 1. The fourth-order valence-electron chi connectivity index (χ4n) is 3.26. The maximum Gasteiger partial charge on any atom is 0.234 e. The van der Waals surface area contributed by atoms with E-state index in [4.69, 9.17) is 15.2 Å². The Bertz CT molecular complexity index is 705. The second-order valence-corrected chi connectivity index (χ2v) is 6.18. The second-order valence-electron chi connectivity index (χ2n) is 6.18. The van der Waals surface area contributed by atoms with Gasteiger partial charge in [-0.25, -0.2) is 0 Å². The summed E-state index contributed by atoms with van der Waals surface area (Å²) in [6, 6.07) is 17.2. The van der Waals surface area contributed by atoms with Gasteiger partial charge in [0.2, 0.25) is 5.91 Å². The molecule has 2 N–H and O–H groups in total. The molecule has 132 valence electrons. The molecule has 5 heteroatoms. The topological polar surface area (TPSA) is 64.8 Å². The number of hydrogen-bond donors (Lipinski definition) is 1. The first-order valence-electron chi connectivity index (χ1n) is 8.63. The summed E-state index contributed by atoms with van der Waals surface area (Å²) >= 11 is 0. The fraction of sp³-hybridized carbons (Fsp3) is 0.350. The molecular weight excluding hydrogens is 316 g/mol. The maximum absolute atomic E-state index is 11.9. The van der Waals surface area contributed by atoms with E-state index in [1.165, 1.54) is 0 Å². The monoisotopic (exact) mass is 340 g/mol. The van der Waals surface area contributed by atoms with Gasteiger partial charge in [-0.3, -0.25) is 9.69 Å². The highest BCUT2D eigenvalue weighted by molar-refractivity contribution is 5.80. The summed E-state index contributed by atoms with van der Waals surface area (Å²) in [6.45, 7) is 3.83. The molecule has 0 aliphatic carbocycles. The molecule has 2 unspecified atom stereocenters. The van der Waals surface area contributed by atoms with E-state index in [9.17, 15) is 4.79 Å². The average molecular weight is 340 g/mol. The van der Waals surface area contributed by atoms with Crippen LogP contribution in [0.5, 0.6) is 11.5 Å². The van der Waals surface area contributed by atoms with Crippen LogP contribution in [-0.4, -0.2) is 36.1 Å². The first-order chi connectivity index (χ1) is 12.2. The lowest BCUT2D eigenvalue weighted by Gasteiger charge is -2.22. The summed E-state index contributed by atoms with van der Waals surface area (Å²) in [5.41, 5.74) is 6.68. The Kier molecular flexibility index (Phi) is 5.56. The van der Waals surface area contributed by atoms with Crippen molar-refractivity contribution in [1.82, 2.24) is 4.90 Å². The number of nitrogens with two attached hydrogens (primary N) is 1. The third-order valence-corrected chi connectivity index (χ3v) is 4.39. The van der Waals surface area contributed by atoms with Gasteiger partial charge < -0.3 is 15.2 Å². The largest absolute Gasteiger partial charge is 0.494 e. The molecule has 1 aliphatic heterocycles. The molecule has 1 fully saturated rings. The zero-order valence-corrected chi connectivity index (χ0v) is 14.4. The smallest absolute Gasteiger partial charge is 0.234 e. The van der Waals surface area contributed by atoms with Gasteiger partial charge in [0.15, 0.2) is 0 Å². The molecule has 2 aromatic rings. The van der Waals surface area contributed by atoms with E-state index < -0.39 is 0 Å². The Morgan fingerprint density at radius 1 is 1.16 bits per heavy atom. The normalized spacial score (nSPS) is 20.4. The molecule has 0 bridgehead atoms. The van der Waals surface area contributed by atoms with Crippen LogP contribution in [0.25, 0.3) is 0 Å². The third-order valence-electron chi connectivity index (χ3n) is 4.39. The predicted octanol–water partition coefficient (Wildman–Crippen LogP) is 2.59. The van der Waals surface area contributed by atoms with Crippen LogP contribution in [0.1, 0.15) is 18.9 Å². The molecule has 1 saturated heterocycles. The minimum absolute atomic E-state index is 0.0563. The van der Waals surface area contributed by atoms with Gasteiger partial charge >= 0.3 is 0 Å². The molecule has 3 rings (SSSR count). The van der Waals surface area contributed by atoms with Gasteiger partial charge in [-0.15, -0.1) is 0 Å². The molecule has 25 heavy (non-hydrogen) atoms. The number of likely N-dealkylation sites (tertiary alicyclic amines) is 1. The Morgan fingerprint density at radius 2 is 1.88 bits per heavy atom. The summed E-state index contributed by atoms with van der Waals surface area (Å²) in [5.74, 6) is 1.35. The number of para-hydroxylation sites is 2. The van der Waals surface area contributed by atoms with Crippen LogP contribution in [0.15, 0.2) is 54.6 Å². The minimum atomic E-state index is -0.330. The van der Waals surface area contributed by atoms with Crippen LogP contribution >= 0.6 is 0 Å². The Balaban J connectivity index is 1.72. The van der Waals surface area contributed by atoms with Crippen molar-refractivity contribution < 1.29 is 14.3 Å². The van der Waals surface area contributed by atoms with Crippen LogP contribution < -0.4 is 15.2 Å². The van der Waals surface area contributed by atoms with E-state index >= 15 is 0 Å². The average Bonchev–Trinajstić information content (AvgIpc) is 3.00. The summed E-state index contributed by atoms with van der Waals surface area (Å²) < 4.78 is 11.7. The Morgan fingerprint density at radius 3 is 2.60 bits per heavy atom. The highest BCUT2D eigenvalue weighted by Gasteiger charge is 2.37. The molecule has 5 nitrogen and oxygen atoms in total. The molecule has 1 aliphatic rings. The first kappa shape index (κ1) is 17.3. The third kappa shape index (κ3) is 4.31. The van der Waals surface area contributed by atoms with Gasteiger partial charge in [0.05, 0.1) is 12.6 Å². The quantitative estimate of drug-likeness (QED) is 0.841. The van der Waals surface area contributed by atoms with Gasteiger partial charge in [0, 0.05) is 25.1 Å². The van der Waals surface area contributed by atoms with Gasteiger partial charge in [-0.05, 0) is 25.1 Å². The SMILES string of the molecule is CCOc1ccccc1CN1CC(Oc2ccccc2)CC1C(N)=O. The fourth-order valence-corrected chi connectivity index (χ4v) is 3.26. The van der Waals surface area contributed by atoms with Crippen molar-refractivity contribution in [3.8, 4) is 11.5 Å². The number of ether oxygens (including phenoxy) is 2. The molecule has 2 atom stereocenters. The van der Waals surface area contributed by atoms with E-state index in [0.29, 0.717) is 26.1 Å². The number of benzene rings is 2. The van der Waals surface area contributed by atoms with Crippen molar-refractivity contribution >= 4 is 5.91 Å². The van der Waals surface area contributed by atoms with Gasteiger partial charge in [0.25, 0.3) is 0 Å². The highest BCUT2D eigenvalue weighted by atomic mass is 16.5. The van der Waals surface area contributed by atoms with Crippen LogP contribution in [0.3, 0.4) is 0 Å². The lowest BCUT2D eigenvalue weighted by atomic mass is 10.1. The molecule has 0 aromatic heterocycles. The van der Waals surface area contributed by atoms with Crippen molar-refractivity contribution in [2.75, 3.05) is 13.2 Å². The van der Waals surface area contributed by atoms with E-state index in [1.54, 1.807) is 0 Å². The van der Waals surface area contributed by atoms with Crippen molar-refractivity contribution in [2.24, 2.45) is 5.73 Å². The van der Waals surface area contributed by atoms with Gasteiger partial charge in [-0.1, -0.05) is 36.4 Å². The molecule has 0 radical (unpaired) electrons. The molecule has 1 heterocycles. The predicted molar refractivity (Wildman–Crippen MR) is 96.5 cm³/mol. The molecule has 0 spiro atoms. The van der Waals surface area contributed by atoms with Crippen LogP contribution in [0, 0.1) is 0 Å². The maximum atomic E-state index is 11.9. The van der Waals surface area contributed by atoms with E-state index in [2.05, 4.69) is 4.90 Å². The summed E-state index contributed by atoms with van der Waals surface area (Å²) in [5, 5.41) is 0. The van der Waals surface area contributed by atoms with Gasteiger partial charge in [0.1, 0.15) is 17.6 Å². The number of amides is 1. The zero-order chi connectivity index (χ0) is 17.6. The molecule has 1 amide bonds. The second kappa shape index (κ2) is 8.03. The summed E-state index contributed by atoms with van der Waals surface area (Å²) in [7, 11) is 0. The molecular formula is C20H24N2O3. The van der Waals surface area contributed by atoms with Crippen LogP contribution in [0.4, 0.5) is 0 Å². The summed E-state index contributed by atoms with van der Waals surface area (Å²) in [6.07, 6.45) is 0.542. The number of carbonyl (C=O) groups excluding carboxylic acids is 1. The van der Waals surface area contributed by atoms with Crippen molar-refractivity contribution in [2.45, 2.75) is 32.0 Å². The zero-order valence-electron chi connectivity index (χ0n) is 14.4.